The third-order valence-electron chi connectivity index (χ3n) is 4.54. The van der Waals surface area contributed by atoms with Crippen molar-refractivity contribution in [3.05, 3.63) is 77.4 Å². The molecule has 0 saturated heterocycles. The van der Waals surface area contributed by atoms with Crippen molar-refractivity contribution in [2.75, 3.05) is 7.11 Å². The lowest BCUT2D eigenvalue weighted by Gasteiger charge is -2.18. The molecule has 2 atom stereocenters. The molecule has 0 fully saturated rings. The number of rotatable bonds is 6. The minimum absolute atomic E-state index is 0.407. The fourth-order valence-corrected chi connectivity index (χ4v) is 4.64. The second-order valence-electron chi connectivity index (χ2n) is 6.29. The molecule has 0 heterocycles. The van der Waals surface area contributed by atoms with Crippen LogP contribution in [0.15, 0.2) is 60.7 Å². The molecule has 0 aromatic heterocycles. The third-order valence-corrected chi connectivity index (χ3v) is 6.14. The number of hydrogen-bond acceptors (Lipinski definition) is 2. The highest BCUT2D eigenvalue weighted by molar-refractivity contribution is 7.56. The summed E-state index contributed by atoms with van der Waals surface area (Å²) in [6, 6.07) is 12.2. The first-order valence-electron chi connectivity index (χ1n) is 8.54. The number of ether oxygens (including phenoxy) is 1. The number of hydrogen-bond donors (Lipinski definition) is 0. The average molecular weight is 350 g/mol. The molecule has 0 bridgehead atoms. The summed E-state index contributed by atoms with van der Waals surface area (Å²) in [4.78, 5) is 11.4. The fraction of sp³-hybridized carbons (Fsp3) is 0.227. The summed E-state index contributed by atoms with van der Waals surface area (Å²) in [6.07, 6.45) is 11.7. The van der Waals surface area contributed by atoms with Crippen LogP contribution in [0, 0.1) is 12.8 Å². The normalized spacial score (nSPS) is 16.5. The molecule has 2 aromatic carbocycles. The van der Waals surface area contributed by atoms with E-state index >= 15 is 0 Å². The van der Waals surface area contributed by atoms with Gasteiger partial charge in [0.25, 0.3) is 0 Å². The van der Waals surface area contributed by atoms with Gasteiger partial charge in [-0.05, 0) is 42.1 Å². The van der Waals surface area contributed by atoms with Gasteiger partial charge < -0.3 is 4.74 Å². The van der Waals surface area contributed by atoms with Crippen molar-refractivity contribution >= 4 is 25.5 Å². The lowest BCUT2D eigenvalue weighted by molar-refractivity contribution is 0.112. The number of para-hydroxylation sites is 1. The second kappa shape index (κ2) is 8.27. The monoisotopic (exact) mass is 350 g/mol. The van der Waals surface area contributed by atoms with Crippen LogP contribution >= 0.6 is 8.58 Å². The Labute approximate surface area is 151 Å². The van der Waals surface area contributed by atoms with Crippen LogP contribution in [0.5, 0.6) is 5.75 Å². The van der Waals surface area contributed by atoms with Crippen molar-refractivity contribution in [1.29, 1.82) is 0 Å². The van der Waals surface area contributed by atoms with Gasteiger partial charge in [0.15, 0.2) is 6.29 Å². The fourth-order valence-electron chi connectivity index (χ4n) is 3.24. The van der Waals surface area contributed by atoms with E-state index in [1.54, 1.807) is 7.11 Å². The maximum absolute atomic E-state index is 11.4. The topological polar surface area (TPSA) is 26.3 Å². The van der Waals surface area contributed by atoms with E-state index in [2.05, 4.69) is 55.5 Å². The van der Waals surface area contributed by atoms with Crippen molar-refractivity contribution in [2.45, 2.75) is 19.8 Å². The molecule has 0 radical (unpaired) electrons. The Bertz CT molecular complexity index is 821. The van der Waals surface area contributed by atoms with Crippen LogP contribution in [0.4, 0.5) is 0 Å². The largest absolute Gasteiger partial charge is 0.496 e. The van der Waals surface area contributed by atoms with E-state index in [4.69, 9.17) is 4.74 Å². The molecule has 128 valence electrons. The predicted octanol–water partition coefficient (Wildman–Crippen LogP) is 4.12. The zero-order valence-corrected chi connectivity index (χ0v) is 15.7. The molecule has 0 amide bonds. The van der Waals surface area contributed by atoms with Gasteiger partial charge in [-0.2, -0.15) is 0 Å². The number of carbonyl (C=O) groups is 1. The smallest absolute Gasteiger partial charge is 0.150 e. The summed E-state index contributed by atoms with van der Waals surface area (Å²) in [6.45, 7) is 2.06. The minimum Gasteiger partial charge on any atom is -0.496 e. The van der Waals surface area contributed by atoms with Gasteiger partial charge in [0, 0.05) is 10.9 Å². The Kier molecular flexibility index (Phi) is 5.83. The molecule has 0 saturated carbocycles. The molecule has 1 aliphatic carbocycles. The van der Waals surface area contributed by atoms with Crippen LogP contribution in [-0.2, 0) is 6.42 Å². The Hall–Kier alpha value is -2.18. The van der Waals surface area contributed by atoms with Gasteiger partial charge in [-0.1, -0.05) is 69.3 Å². The van der Waals surface area contributed by atoms with Crippen LogP contribution in [0.25, 0.3) is 0 Å². The lowest BCUT2D eigenvalue weighted by atomic mass is 9.93. The molecule has 0 spiro atoms. The van der Waals surface area contributed by atoms with Crippen LogP contribution in [0.3, 0.4) is 0 Å². The molecule has 3 heteroatoms. The van der Waals surface area contributed by atoms with Crippen molar-refractivity contribution in [3.63, 3.8) is 0 Å². The van der Waals surface area contributed by atoms with Gasteiger partial charge in [0.1, 0.15) is 5.75 Å². The van der Waals surface area contributed by atoms with Gasteiger partial charge in [-0.15, -0.1) is 0 Å². The SMILES string of the molecule is COc1c(CC2C=CC=CC2)cccc1Pc1c(C)cccc1C=O. The van der Waals surface area contributed by atoms with Gasteiger partial charge in [0.2, 0.25) is 0 Å². The van der Waals surface area contributed by atoms with Crippen molar-refractivity contribution < 1.29 is 9.53 Å². The van der Waals surface area contributed by atoms with E-state index in [0.717, 1.165) is 46.6 Å². The first-order chi connectivity index (χ1) is 12.2. The molecule has 0 N–H and O–H groups in total. The number of benzene rings is 2. The second-order valence-corrected chi connectivity index (χ2v) is 7.58. The third kappa shape index (κ3) is 4.08. The first-order valence-corrected chi connectivity index (χ1v) is 9.54. The summed E-state index contributed by atoms with van der Waals surface area (Å²) >= 11 is 0. The number of aldehydes is 1. The number of aryl methyl sites for hydroxylation is 1. The number of methoxy groups -OCH3 is 1. The Morgan fingerprint density at radius 2 is 2.04 bits per heavy atom. The molecule has 0 aliphatic heterocycles. The predicted molar refractivity (Wildman–Crippen MR) is 107 cm³/mol. The van der Waals surface area contributed by atoms with Crippen molar-refractivity contribution in [1.82, 2.24) is 0 Å². The summed E-state index contributed by atoms with van der Waals surface area (Å²) in [5.74, 6) is 1.48. The summed E-state index contributed by atoms with van der Waals surface area (Å²) in [5, 5.41) is 2.26. The number of allylic oxidation sites excluding steroid dienone is 4. The van der Waals surface area contributed by atoms with Crippen LogP contribution in [0.1, 0.15) is 27.9 Å². The summed E-state index contributed by atoms with van der Waals surface area (Å²) in [7, 11) is 2.15. The molecule has 2 aromatic rings. The Balaban J connectivity index is 1.92. The van der Waals surface area contributed by atoms with Gasteiger partial charge in [-0.3, -0.25) is 4.79 Å². The van der Waals surface area contributed by atoms with Crippen molar-refractivity contribution in [3.8, 4) is 5.75 Å². The average Bonchev–Trinajstić information content (AvgIpc) is 2.64. The minimum atomic E-state index is 0.407. The summed E-state index contributed by atoms with van der Waals surface area (Å²) < 4.78 is 5.78. The first kappa shape index (κ1) is 17.6. The molecule has 1 aliphatic rings. The molecule has 25 heavy (non-hydrogen) atoms. The zero-order chi connectivity index (χ0) is 17.6. The van der Waals surface area contributed by atoms with Gasteiger partial charge in [0.05, 0.1) is 7.11 Å². The van der Waals surface area contributed by atoms with Crippen LogP contribution in [-0.4, -0.2) is 13.4 Å². The highest BCUT2D eigenvalue weighted by Gasteiger charge is 2.15. The highest BCUT2D eigenvalue weighted by Crippen LogP contribution is 2.28. The maximum Gasteiger partial charge on any atom is 0.150 e. The van der Waals surface area contributed by atoms with E-state index in [9.17, 15) is 4.79 Å². The van der Waals surface area contributed by atoms with E-state index in [-0.39, 0.29) is 0 Å². The molecule has 3 rings (SSSR count). The summed E-state index contributed by atoms with van der Waals surface area (Å²) in [5.41, 5.74) is 3.15. The van der Waals surface area contributed by atoms with Gasteiger partial charge >= 0.3 is 0 Å². The standard InChI is InChI=1S/C22H23O2P/c1-16-8-6-12-19(15-23)22(16)25-20-13-7-11-18(21(20)24-2)14-17-9-4-3-5-10-17/h3-9,11-13,15,17,25H,10,14H2,1-2H3. The lowest BCUT2D eigenvalue weighted by Crippen LogP contribution is -2.15. The quantitative estimate of drug-likeness (QED) is 0.579. The Morgan fingerprint density at radius 3 is 2.76 bits per heavy atom. The molecular weight excluding hydrogens is 327 g/mol. The van der Waals surface area contributed by atoms with E-state index in [0.29, 0.717) is 14.5 Å². The van der Waals surface area contributed by atoms with Gasteiger partial charge in [-0.25, -0.2) is 0 Å². The maximum atomic E-state index is 11.4. The molecular formula is C22H23O2P. The Morgan fingerprint density at radius 1 is 1.20 bits per heavy atom. The molecule has 2 unspecified atom stereocenters. The van der Waals surface area contributed by atoms with E-state index in [1.807, 2.05) is 12.1 Å². The van der Waals surface area contributed by atoms with E-state index < -0.39 is 0 Å². The highest BCUT2D eigenvalue weighted by atomic mass is 31.1. The van der Waals surface area contributed by atoms with Crippen molar-refractivity contribution in [2.24, 2.45) is 5.92 Å². The van der Waals surface area contributed by atoms with Crippen LogP contribution < -0.4 is 15.3 Å². The zero-order valence-electron chi connectivity index (χ0n) is 14.7. The molecule has 2 nitrogen and oxygen atoms in total. The number of carbonyl (C=O) groups excluding carboxylic acids is 1. The van der Waals surface area contributed by atoms with E-state index in [1.165, 1.54) is 5.56 Å². The van der Waals surface area contributed by atoms with Crippen LogP contribution in [0.2, 0.25) is 0 Å².